The van der Waals surface area contributed by atoms with E-state index in [9.17, 15) is 0 Å². The molecule has 0 N–H and O–H groups in total. The highest BCUT2D eigenvalue weighted by molar-refractivity contribution is 6.46. The van der Waals surface area contributed by atoms with Crippen molar-refractivity contribution in [1.82, 2.24) is 14.7 Å². The van der Waals surface area contributed by atoms with Crippen LogP contribution in [0.5, 0.6) is 0 Å². The lowest BCUT2D eigenvalue weighted by molar-refractivity contribution is 0.0488. The summed E-state index contributed by atoms with van der Waals surface area (Å²) in [5.41, 5.74) is 8.65. The van der Waals surface area contributed by atoms with Gasteiger partial charge in [-0.3, -0.25) is 33.9 Å². The quantitative estimate of drug-likeness (QED) is 0.0317. The van der Waals surface area contributed by atoms with Crippen LogP contribution in [-0.4, -0.2) is 69.5 Å². The van der Waals surface area contributed by atoms with E-state index in [0.717, 1.165) is 190 Å². The number of unbranched alkanes of at least 4 members (excludes halogenated alkanes) is 1. The summed E-state index contributed by atoms with van der Waals surface area (Å²) in [7, 11) is 0. The average molecular weight is 1410 g/mol. The van der Waals surface area contributed by atoms with Gasteiger partial charge in [-0.05, 0) is 298 Å². The highest BCUT2D eigenvalue weighted by atomic mass is 16.2. The molecule has 8 aromatic rings. The first kappa shape index (κ1) is 68.6. The highest BCUT2D eigenvalue weighted by Crippen LogP contribution is 2.59. The van der Waals surface area contributed by atoms with Gasteiger partial charge in [-0.1, -0.05) is 211 Å². The minimum Gasteiger partial charge on any atom is -0.298 e. The van der Waals surface area contributed by atoms with Crippen LogP contribution < -0.4 is 0 Å². The molecule has 1 unspecified atom stereocenters. The van der Waals surface area contributed by atoms with Gasteiger partial charge >= 0.3 is 0 Å². The molecular formula is C98H123N3O4. The zero-order chi connectivity index (χ0) is 70.3. The molecule has 0 spiro atoms. The molecule has 1 saturated heterocycles. The lowest BCUT2D eigenvalue weighted by Gasteiger charge is -2.39. The van der Waals surface area contributed by atoms with Crippen LogP contribution in [0, 0.1) is 47.3 Å². The van der Waals surface area contributed by atoms with Gasteiger partial charge in [0.05, 0.1) is 0 Å². The Hall–Kier alpha value is -5.66. The first-order valence-corrected chi connectivity index (χ1v) is 45.1. The largest absolute Gasteiger partial charge is 0.298 e. The Morgan fingerprint density at radius 3 is 1.04 bits per heavy atom. The smallest absolute Gasteiger partial charge is 0.261 e. The highest BCUT2D eigenvalue weighted by Gasteiger charge is 2.46. The second kappa shape index (κ2) is 28.3. The zero-order valence-corrected chi connectivity index (χ0v) is 64.5. The molecule has 9 saturated carbocycles. The van der Waals surface area contributed by atoms with Gasteiger partial charge in [0.2, 0.25) is 0 Å². The number of hydrogen-bond acceptors (Lipinski definition) is 5. The lowest BCUT2D eigenvalue weighted by atomic mass is 9.70. The number of benzene rings is 8. The third kappa shape index (κ3) is 12.1. The summed E-state index contributed by atoms with van der Waals surface area (Å²) in [6, 6.07) is 20.5. The molecule has 9 aliphatic carbocycles. The molecule has 10 fully saturated rings. The van der Waals surface area contributed by atoms with E-state index < -0.39 is 0 Å². The molecule has 0 radical (unpaired) electrons. The summed E-state index contributed by atoms with van der Waals surface area (Å²) in [4.78, 5) is 72.1. The van der Waals surface area contributed by atoms with Gasteiger partial charge in [-0.2, -0.15) is 0 Å². The molecule has 3 heterocycles. The Labute approximate surface area is 627 Å². The van der Waals surface area contributed by atoms with E-state index in [-0.39, 0.29) is 59.4 Å². The molecule has 7 nitrogen and oxygen atoms in total. The van der Waals surface area contributed by atoms with Crippen molar-refractivity contribution in [2.75, 3.05) is 13.1 Å². The van der Waals surface area contributed by atoms with E-state index in [4.69, 9.17) is 0 Å². The zero-order valence-electron chi connectivity index (χ0n) is 64.5. The van der Waals surface area contributed by atoms with Crippen LogP contribution >= 0.6 is 0 Å². The summed E-state index contributed by atoms with van der Waals surface area (Å²) in [6.45, 7) is 7.32. The number of rotatable bonds is 16. The van der Waals surface area contributed by atoms with E-state index >= 15 is 19.2 Å². The maximum Gasteiger partial charge on any atom is 0.261 e. The van der Waals surface area contributed by atoms with Crippen molar-refractivity contribution >= 4 is 99.0 Å². The SMILES string of the molecule is CCC(CCCCC1CCC1)c1cc2c3c(cc(C4CCCC(C5CC5)CCC4)c4c5ccc6c7c(C8CCCC(C9CC9)CCC8)cc8c9c(cc(C%10CCCC(N%11CC%11)CCC%10)c(c%10ccc(c1c34)c5c6%10)c97)C(=O)N(C1CCCC(C3CCC3)CCC1)C8=O)C(=O)N(C1CCCC(C)CCC1)C2=O. The molecule has 8 aromatic carbocycles. The van der Waals surface area contributed by atoms with E-state index in [2.05, 4.69) is 67.3 Å². The van der Waals surface area contributed by atoms with Crippen LogP contribution in [0.1, 0.15) is 390 Å². The summed E-state index contributed by atoms with van der Waals surface area (Å²) in [5.74, 6) is 7.68. The van der Waals surface area contributed by atoms with Crippen molar-refractivity contribution in [2.24, 2.45) is 47.3 Å². The van der Waals surface area contributed by atoms with Crippen molar-refractivity contribution in [3.05, 3.63) is 93.0 Å². The first-order valence-electron chi connectivity index (χ1n) is 45.1. The molecule has 20 rings (SSSR count). The van der Waals surface area contributed by atoms with Crippen LogP contribution in [0.4, 0.5) is 0 Å². The standard InChI is InChI=1S/C98H123N3O4/c1-3-60(23-5-4-20-59-21-8-22-59)77-54-81-91-82(96(103)100(95(81)102)71-40-6-18-58(2)19-7-41-71)55-78(67-32-10-26-63(27-11-33-67)65-44-45-65)88-74-50-51-76-86-75(49-48-73(85(74)86)87(77)93(88)91)90-80(69-36-16-38-70(39-17-37-69)99-52-53-99)57-84-92-83(56-79(89(76)94(90)92)68-34-12-28-64(29-13-35-68)66-46-47-66)97(104)101(98(84)105)72-42-14-30-62(31-15-43-72)61-24-9-25-61/h48-51,54-72H,3-47,52-53H2,1-2H3. The van der Waals surface area contributed by atoms with E-state index in [0.29, 0.717) is 12.0 Å². The fourth-order valence-electron chi connectivity index (χ4n) is 25.8. The van der Waals surface area contributed by atoms with Gasteiger partial charge in [0.1, 0.15) is 0 Å². The number of carbonyl (C=O) groups is 4. The number of fused-ring (bicyclic) bond motifs is 4. The Bertz CT molecular complexity index is 4510. The number of amides is 4. The number of hydrogen-bond donors (Lipinski definition) is 0. The van der Waals surface area contributed by atoms with Crippen molar-refractivity contribution in [2.45, 2.75) is 345 Å². The Kier molecular flexibility index (Phi) is 18.5. The molecule has 7 heteroatoms. The molecule has 1 atom stereocenters. The molecular weight excluding hydrogens is 1280 g/mol. The monoisotopic (exact) mass is 1410 g/mol. The van der Waals surface area contributed by atoms with Crippen molar-refractivity contribution in [1.29, 1.82) is 0 Å². The van der Waals surface area contributed by atoms with Crippen LogP contribution in [-0.2, 0) is 0 Å². The van der Waals surface area contributed by atoms with Crippen LogP contribution in [0.3, 0.4) is 0 Å². The molecule has 4 amide bonds. The van der Waals surface area contributed by atoms with Gasteiger partial charge in [0, 0.05) is 64.2 Å². The maximum atomic E-state index is 16.5. The molecule has 0 bridgehead atoms. The topological polar surface area (TPSA) is 77.8 Å². The first-order chi connectivity index (χ1) is 51.6. The molecule has 554 valence electrons. The van der Waals surface area contributed by atoms with Gasteiger partial charge in [0.15, 0.2) is 0 Å². The normalized spacial score (nSPS) is 30.1. The van der Waals surface area contributed by atoms with Crippen molar-refractivity contribution in [3.8, 4) is 0 Å². The summed E-state index contributed by atoms with van der Waals surface area (Å²) in [6.07, 6.45) is 54.1. The second-order valence-electron chi connectivity index (χ2n) is 38.4. The minimum absolute atomic E-state index is 0.0234. The molecule has 0 aromatic heterocycles. The van der Waals surface area contributed by atoms with Gasteiger partial charge < -0.3 is 0 Å². The third-order valence-corrected chi connectivity index (χ3v) is 32.4. The van der Waals surface area contributed by atoms with Crippen molar-refractivity contribution < 1.29 is 19.2 Å². The number of nitrogens with zero attached hydrogens (tertiary/aromatic N) is 3. The summed E-state index contributed by atoms with van der Waals surface area (Å²) < 4.78 is 0. The fraction of sp³-hybridized carbons (Fsp3) is 0.653. The number of carbonyl (C=O) groups excluding carboxylic acids is 4. The van der Waals surface area contributed by atoms with Gasteiger partial charge in [-0.15, -0.1) is 0 Å². The van der Waals surface area contributed by atoms with Gasteiger partial charge in [0.25, 0.3) is 23.6 Å². The van der Waals surface area contributed by atoms with Gasteiger partial charge in [-0.25, -0.2) is 0 Å². The second-order valence-corrected chi connectivity index (χ2v) is 38.4. The van der Waals surface area contributed by atoms with E-state index in [1.807, 2.05) is 9.80 Å². The summed E-state index contributed by atoms with van der Waals surface area (Å²) in [5, 5.41) is 17.5. The predicted molar refractivity (Wildman–Crippen MR) is 433 cm³/mol. The lowest BCUT2D eigenvalue weighted by Crippen LogP contribution is -2.47. The molecule has 3 aliphatic heterocycles. The van der Waals surface area contributed by atoms with E-state index in [1.165, 1.54) is 273 Å². The van der Waals surface area contributed by atoms with Crippen LogP contribution in [0.15, 0.2) is 48.5 Å². The van der Waals surface area contributed by atoms with Crippen molar-refractivity contribution in [3.63, 3.8) is 0 Å². The third-order valence-electron chi connectivity index (χ3n) is 32.4. The van der Waals surface area contributed by atoms with E-state index in [1.54, 1.807) is 0 Å². The predicted octanol–water partition coefficient (Wildman–Crippen LogP) is 26.2. The van der Waals surface area contributed by atoms with Crippen LogP contribution in [0.25, 0.3) is 75.4 Å². The Morgan fingerprint density at radius 1 is 0.333 bits per heavy atom. The van der Waals surface area contributed by atoms with Crippen LogP contribution in [0.2, 0.25) is 0 Å². The molecule has 12 aliphatic rings. The Morgan fingerprint density at radius 2 is 0.667 bits per heavy atom. The fourth-order valence-corrected chi connectivity index (χ4v) is 25.8. The molecule has 105 heavy (non-hydrogen) atoms. The maximum absolute atomic E-state index is 16.5. The average Bonchev–Trinajstić information content (AvgIpc) is 1.67. The minimum atomic E-state index is -0.0952. The number of imide groups is 2. The Balaban J connectivity index is 0.855. The summed E-state index contributed by atoms with van der Waals surface area (Å²) >= 11 is 0.